The predicted octanol–water partition coefficient (Wildman–Crippen LogP) is 12.0. The fraction of sp³-hybridized carbons (Fsp3) is 0.922. The van der Waals surface area contributed by atoms with Gasteiger partial charge in [-0.1, -0.05) is 269 Å². The number of aliphatic hydroxyl groups is 8. The lowest BCUT2D eigenvalue weighted by Gasteiger charge is -2.46. The number of nitrogens with one attached hydrogen (secondary N) is 1. The minimum atomic E-state index is -1.79. The zero-order valence-electron chi connectivity index (χ0n) is 49.7. The Hall–Kier alpha value is -1.53. The lowest BCUT2D eigenvalue weighted by Crippen LogP contribution is -2.65. The Balaban J connectivity index is 1.74. The summed E-state index contributed by atoms with van der Waals surface area (Å²) in [5, 5.41) is 87.2. The summed E-state index contributed by atoms with van der Waals surface area (Å²) >= 11 is 0. The molecule has 12 unspecified atom stereocenters. The topological polar surface area (TPSA) is 228 Å². The third kappa shape index (κ3) is 34.8. The van der Waals surface area contributed by atoms with Gasteiger partial charge >= 0.3 is 0 Å². The van der Waals surface area contributed by atoms with Gasteiger partial charge in [0.05, 0.1) is 32.0 Å². The molecule has 2 saturated heterocycles. The average molecular weight is 1110 g/mol. The van der Waals surface area contributed by atoms with E-state index in [2.05, 4.69) is 31.3 Å². The molecule has 2 fully saturated rings. The number of allylic oxidation sites excluding steroid dienone is 3. The van der Waals surface area contributed by atoms with Crippen molar-refractivity contribution in [2.45, 2.75) is 357 Å². The lowest BCUT2D eigenvalue weighted by molar-refractivity contribution is -0.359. The minimum absolute atomic E-state index is 0.243. The molecule has 0 bridgehead atoms. The molecule has 2 aliphatic rings. The smallest absolute Gasteiger partial charge is 0.220 e. The normalized spacial score (nSPS) is 24.6. The molecule has 9 N–H and O–H groups in total. The van der Waals surface area contributed by atoms with Gasteiger partial charge in [-0.15, -0.1) is 0 Å². The maximum absolute atomic E-state index is 13.3. The van der Waals surface area contributed by atoms with E-state index in [9.17, 15) is 45.6 Å². The Bertz CT molecular complexity index is 1400. The lowest BCUT2D eigenvalue weighted by atomic mass is 9.97. The Labute approximate surface area is 475 Å². The van der Waals surface area contributed by atoms with Crippen LogP contribution in [0, 0.1) is 0 Å². The maximum atomic E-state index is 13.3. The van der Waals surface area contributed by atoms with Crippen LogP contribution in [0.25, 0.3) is 0 Å². The molecule has 0 saturated carbocycles. The third-order valence-electron chi connectivity index (χ3n) is 16.1. The number of hydrogen-bond acceptors (Lipinski definition) is 13. The van der Waals surface area contributed by atoms with Crippen LogP contribution in [0.5, 0.6) is 0 Å². The summed E-state index contributed by atoms with van der Waals surface area (Å²) in [5.74, 6) is -0.243. The van der Waals surface area contributed by atoms with Crippen LogP contribution < -0.4 is 5.32 Å². The van der Waals surface area contributed by atoms with Crippen molar-refractivity contribution >= 4 is 5.91 Å². The molecule has 14 heteroatoms. The van der Waals surface area contributed by atoms with Gasteiger partial charge in [0, 0.05) is 6.42 Å². The summed E-state index contributed by atoms with van der Waals surface area (Å²) in [5.41, 5.74) is 0. The predicted molar refractivity (Wildman–Crippen MR) is 314 cm³/mol. The van der Waals surface area contributed by atoms with Gasteiger partial charge in [0.1, 0.15) is 48.8 Å². The van der Waals surface area contributed by atoms with Gasteiger partial charge < -0.3 is 65.1 Å². The summed E-state index contributed by atoms with van der Waals surface area (Å²) in [6.07, 6.45) is 43.7. The van der Waals surface area contributed by atoms with Crippen molar-refractivity contribution in [2.24, 2.45) is 0 Å². The molecule has 12 atom stereocenters. The highest BCUT2D eigenvalue weighted by Gasteiger charge is 2.51. The monoisotopic (exact) mass is 1110 g/mol. The third-order valence-corrected chi connectivity index (χ3v) is 16.1. The Morgan fingerprint density at radius 2 is 0.821 bits per heavy atom. The van der Waals surface area contributed by atoms with E-state index in [4.69, 9.17) is 18.9 Å². The van der Waals surface area contributed by atoms with Gasteiger partial charge in [-0.2, -0.15) is 0 Å². The summed E-state index contributed by atoms with van der Waals surface area (Å²) in [6, 6.07) is -0.928. The van der Waals surface area contributed by atoms with Crippen LogP contribution in [-0.4, -0.2) is 140 Å². The molecular weight excluding hydrogens is 991 g/mol. The van der Waals surface area contributed by atoms with E-state index in [1.807, 2.05) is 6.08 Å². The standard InChI is InChI=1S/C64H121NO13/c1-3-5-7-9-11-13-15-17-19-21-23-25-26-28-29-31-33-35-37-39-41-43-45-47-53(68)52(51-75-63-61(74)59(72)62(55(50-67)77-63)78-64-60(73)58(71)57(70)54(49-66)76-64)65-56(69)48-46-44-42-40-38-36-34-32-30-27-24-22-20-18-16-14-12-10-8-6-4-2/h37,39,45,47,52-55,57-64,66-68,70-74H,3-36,38,40-44,46,48-51H2,1-2H3,(H,65,69)/b39-37+,47-45+. The zero-order chi connectivity index (χ0) is 56.7. The van der Waals surface area contributed by atoms with E-state index in [1.165, 1.54) is 218 Å². The quantitative estimate of drug-likeness (QED) is 0.0204. The summed E-state index contributed by atoms with van der Waals surface area (Å²) in [4.78, 5) is 13.3. The second kappa shape index (κ2) is 50.0. The number of rotatable bonds is 53. The van der Waals surface area contributed by atoms with Crippen LogP contribution in [-0.2, 0) is 23.7 Å². The minimum Gasteiger partial charge on any atom is -0.394 e. The van der Waals surface area contributed by atoms with Crippen LogP contribution in [0.1, 0.15) is 284 Å². The Kier molecular flexibility index (Phi) is 46.5. The summed E-state index contributed by atoms with van der Waals surface area (Å²) < 4.78 is 22.8. The van der Waals surface area contributed by atoms with Gasteiger partial charge in [0.2, 0.25) is 5.91 Å². The van der Waals surface area contributed by atoms with Crippen molar-refractivity contribution in [3.8, 4) is 0 Å². The molecule has 0 aliphatic carbocycles. The highest BCUT2D eigenvalue weighted by Crippen LogP contribution is 2.30. The first-order chi connectivity index (χ1) is 38.1. The first kappa shape index (κ1) is 72.6. The molecule has 78 heavy (non-hydrogen) atoms. The second-order valence-corrected chi connectivity index (χ2v) is 23.2. The van der Waals surface area contributed by atoms with E-state index in [0.29, 0.717) is 12.8 Å². The molecule has 0 radical (unpaired) electrons. The molecule has 0 aromatic heterocycles. The molecule has 2 heterocycles. The van der Waals surface area contributed by atoms with Crippen LogP contribution >= 0.6 is 0 Å². The van der Waals surface area contributed by atoms with Crippen molar-refractivity contribution in [1.29, 1.82) is 0 Å². The molecule has 0 aromatic rings. The van der Waals surface area contributed by atoms with E-state index in [1.54, 1.807) is 6.08 Å². The highest BCUT2D eigenvalue weighted by atomic mass is 16.7. The number of carbonyl (C=O) groups is 1. The van der Waals surface area contributed by atoms with E-state index >= 15 is 0 Å². The number of unbranched alkanes of at least 4 members (excludes halogenated alkanes) is 38. The van der Waals surface area contributed by atoms with Crippen molar-refractivity contribution < 1.29 is 64.6 Å². The van der Waals surface area contributed by atoms with Crippen molar-refractivity contribution in [2.75, 3.05) is 19.8 Å². The number of ether oxygens (including phenoxy) is 4. The van der Waals surface area contributed by atoms with E-state index in [-0.39, 0.29) is 18.9 Å². The van der Waals surface area contributed by atoms with Gasteiger partial charge in [-0.05, 0) is 32.1 Å². The van der Waals surface area contributed by atoms with Crippen molar-refractivity contribution in [1.82, 2.24) is 5.32 Å². The Morgan fingerprint density at radius 1 is 0.449 bits per heavy atom. The zero-order valence-corrected chi connectivity index (χ0v) is 49.7. The van der Waals surface area contributed by atoms with Gasteiger partial charge in [0.25, 0.3) is 0 Å². The van der Waals surface area contributed by atoms with Crippen LogP contribution in [0.3, 0.4) is 0 Å². The number of aliphatic hydroxyl groups excluding tert-OH is 8. The van der Waals surface area contributed by atoms with Crippen LogP contribution in [0.15, 0.2) is 24.3 Å². The number of hydrogen-bond donors (Lipinski definition) is 9. The first-order valence-corrected chi connectivity index (χ1v) is 32.6. The summed E-state index contributed by atoms with van der Waals surface area (Å²) in [6.45, 7) is 2.83. The van der Waals surface area contributed by atoms with Gasteiger partial charge in [-0.25, -0.2) is 0 Å². The SMILES string of the molecule is CCCCCCCCCCCCCCCCCCC/C=C/CC/C=C/C(O)C(COC1OC(CO)C(OC2OC(CO)C(O)C(O)C2O)C(O)C1O)NC(=O)CCCCCCCCCCCCCCCCCCCCCCC. The molecule has 14 nitrogen and oxygen atoms in total. The van der Waals surface area contributed by atoms with Gasteiger partial charge in [0.15, 0.2) is 12.6 Å². The number of amides is 1. The van der Waals surface area contributed by atoms with E-state index < -0.39 is 86.8 Å². The summed E-state index contributed by atoms with van der Waals surface area (Å²) in [7, 11) is 0. The molecule has 0 spiro atoms. The van der Waals surface area contributed by atoms with Gasteiger partial charge in [-0.3, -0.25) is 4.79 Å². The average Bonchev–Trinajstić information content (AvgIpc) is 3.48. The largest absolute Gasteiger partial charge is 0.394 e. The van der Waals surface area contributed by atoms with E-state index in [0.717, 1.165) is 32.1 Å². The molecular formula is C64H121NO13. The molecule has 2 rings (SSSR count). The van der Waals surface area contributed by atoms with Crippen LogP contribution in [0.2, 0.25) is 0 Å². The maximum Gasteiger partial charge on any atom is 0.220 e. The molecule has 460 valence electrons. The van der Waals surface area contributed by atoms with Crippen LogP contribution in [0.4, 0.5) is 0 Å². The Morgan fingerprint density at radius 3 is 1.26 bits per heavy atom. The fourth-order valence-electron chi connectivity index (χ4n) is 10.9. The molecule has 0 aromatic carbocycles. The van der Waals surface area contributed by atoms with Crippen molar-refractivity contribution in [3.63, 3.8) is 0 Å². The van der Waals surface area contributed by atoms with Crippen molar-refractivity contribution in [3.05, 3.63) is 24.3 Å². The number of carbonyl (C=O) groups excluding carboxylic acids is 1. The fourth-order valence-corrected chi connectivity index (χ4v) is 10.9. The highest BCUT2D eigenvalue weighted by molar-refractivity contribution is 5.76. The first-order valence-electron chi connectivity index (χ1n) is 32.6. The molecule has 2 aliphatic heterocycles. The molecule has 1 amide bonds. The second-order valence-electron chi connectivity index (χ2n) is 23.2.